The number of anilines is 3. The van der Waals surface area contributed by atoms with E-state index in [0.717, 1.165) is 47.7 Å². The lowest BCUT2D eigenvalue weighted by molar-refractivity contribution is -0.119. The second-order valence-corrected chi connectivity index (χ2v) is 7.33. The van der Waals surface area contributed by atoms with Crippen LogP contribution in [0.5, 0.6) is 0 Å². The number of rotatable bonds is 4. The lowest BCUT2D eigenvalue weighted by atomic mass is 10.0. The van der Waals surface area contributed by atoms with Crippen molar-refractivity contribution < 1.29 is 9.59 Å². The summed E-state index contributed by atoms with van der Waals surface area (Å²) in [5, 5.41) is 9.13. The number of carbonyl (C=O) groups is 2. The number of benzene rings is 2. The van der Waals surface area contributed by atoms with Crippen molar-refractivity contribution in [1.29, 1.82) is 0 Å². The fourth-order valence-corrected chi connectivity index (χ4v) is 3.89. The van der Waals surface area contributed by atoms with Crippen molar-refractivity contribution in [1.82, 2.24) is 5.32 Å². The molecule has 2 aliphatic heterocycles. The SMILES string of the molecule is CC(=O)NC1CCN(c2ccc(N/C=C3\C(=O)Nc4cccc(C)c43)cc2)C1. The van der Waals surface area contributed by atoms with Crippen LogP contribution in [0.4, 0.5) is 17.1 Å². The molecule has 1 atom stereocenters. The first-order chi connectivity index (χ1) is 13.5. The molecule has 28 heavy (non-hydrogen) atoms. The molecule has 0 saturated carbocycles. The van der Waals surface area contributed by atoms with Crippen LogP contribution in [0.25, 0.3) is 5.57 Å². The van der Waals surface area contributed by atoms with Gasteiger partial charge in [0.1, 0.15) is 0 Å². The molecule has 0 aromatic heterocycles. The van der Waals surface area contributed by atoms with E-state index in [4.69, 9.17) is 0 Å². The normalized spacial score (nSPS) is 19.5. The standard InChI is InChI=1S/C22H24N4O2/c1-14-4-3-5-20-21(14)19(22(28)25-20)12-23-16-6-8-18(9-7-16)26-11-10-17(13-26)24-15(2)27/h3-9,12,17,23H,10-11,13H2,1-2H3,(H,24,27)(H,25,28)/b19-12-. The maximum absolute atomic E-state index is 12.3. The molecule has 0 aliphatic carbocycles. The maximum atomic E-state index is 12.3. The third-order valence-electron chi connectivity index (χ3n) is 5.25. The minimum atomic E-state index is -0.0884. The van der Waals surface area contributed by atoms with Gasteiger partial charge in [-0.25, -0.2) is 0 Å². The molecule has 2 aromatic carbocycles. The molecule has 2 heterocycles. The van der Waals surface area contributed by atoms with Gasteiger partial charge < -0.3 is 20.9 Å². The summed E-state index contributed by atoms with van der Waals surface area (Å²) in [6.07, 6.45) is 2.73. The summed E-state index contributed by atoms with van der Waals surface area (Å²) < 4.78 is 0. The van der Waals surface area contributed by atoms with Gasteiger partial charge in [0, 0.05) is 54.9 Å². The van der Waals surface area contributed by atoms with E-state index < -0.39 is 0 Å². The van der Waals surface area contributed by atoms with Crippen molar-refractivity contribution in [2.45, 2.75) is 26.3 Å². The zero-order chi connectivity index (χ0) is 19.7. The third kappa shape index (κ3) is 3.58. The summed E-state index contributed by atoms with van der Waals surface area (Å²) in [5.74, 6) is -0.0679. The van der Waals surface area contributed by atoms with Gasteiger partial charge in [-0.1, -0.05) is 12.1 Å². The van der Waals surface area contributed by atoms with Gasteiger partial charge in [0.25, 0.3) is 5.91 Å². The molecule has 0 spiro atoms. The van der Waals surface area contributed by atoms with Gasteiger partial charge in [-0.15, -0.1) is 0 Å². The molecular weight excluding hydrogens is 352 g/mol. The number of carbonyl (C=O) groups excluding carboxylic acids is 2. The summed E-state index contributed by atoms with van der Waals surface area (Å²) in [5.41, 5.74) is 5.58. The predicted molar refractivity (Wildman–Crippen MR) is 112 cm³/mol. The largest absolute Gasteiger partial charge is 0.369 e. The predicted octanol–water partition coefficient (Wildman–Crippen LogP) is 3.11. The molecule has 2 amide bonds. The fraction of sp³-hybridized carbons (Fsp3) is 0.273. The highest BCUT2D eigenvalue weighted by atomic mass is 16.2. The first-order valence-corrected chi connectivity index (χ1v) is 9.51. The molecular formula is C22H24N4O2. The summed E-state index contributed by atoms with van der Waals surface area (Å²) in [6.45, 7) is 5.32. The van der Waals surface area contributed by atoms with Crippen LogP contribution in [0.3, 0.4) is 0 Å². The van der Waals surface area contributed by atoms with Gasteiger partial charge in [-0.2, -0.15) is 0 Å². The van der Waals surface area contributed by atoms with Crippen molar-refractivity contribution >= 4 is 34.4 Å². The Morgan fingerprint density at radius 1 is 1.21 bits per heavy atom. The Morgan fingerprint density at radius 3 is 2.75 bits per heavy atom. The smallest absolute Gasteiger partial charge is 0.257 e. The first kappa shape index (κ1) is 18.1. The monoisotopic (exact) mass is 376 g/mol. The maximum Gasteiger partial charge on any atom is 0.257 e. The molecule has 1 saturated heterocycles. The molecule has 6 nitrogen and oxygen atoms in total. The number of hydrogen-bond donors (Lipinski definition) is 3. The van der Waals surface area contributed by atoms with Gasteiger partial charge >= 0.3 is 0 Å². The quantitative estimate of drug-likeness (QED) is 0.717. The summed E-state index contributed by atoms with van der Waals surface area (Å²) >= 11 is 0. The molecule has 0 radical (unpaired) electrons. The molecule has 2 aromatic rings. The van der Waals surface area contributed by atoms with Gasteiger partial charge in [-0.3, -0.25) is 9.59 Å². The van der Waals surface area contributed by atoms with Crippen LogP contribution in [0.15, 0.2) is 48.7 Å². The fourth-order valence-electron chi connectivity index (χ4n) is 3.89. The second kappa shape index (κ2) is 7.38. The average Bonchev–Trinajstić information content (AvgIpc) is 3.24. The van der Waals surface area contributed by atoms with Crippen LogP contribution in [0.2, 0.25) is 0 Å². The molecule has 4 rings (SSSR count). The number of aryl methyl sites for hydroxylation is 1. The highest BCUT2D eigenvalue weighted by molar-refractivity contribution is 6.32. The van der Waals surface area contributed by atoms with Crippen LogP contribution in [0, 0.1) is 6.92 Å². The molecule has 144 valence electrons. The Morgan fingerprint density at radius 2 is 2.00 bits per heavy atom. The van der Waals surface area contributed by atoms with E-state index in [-0.39, 0.29) is 17.9 Å². The molecule has 6 heteroatoms. The zero-order valence-corrected chi connectivity index (χ0v) is 16.1. The summed E-state index contributed by atoms with van der Waals surface area (Å²) in [4.78, 5) is 25.8. The number of fused-ring (bicyclic) bond motifs is 1. The molecule has 3 N–H and O–H groups in total. The van der Waals surface area contributed by atoms with Crippen LogP contribution in [0.1, 0.15) is 24.5 Å². The lowest BCUT2D eigenvalue weighted by Gasteiger charge is -2.19. The Labute approximate surface area is 164 Å². The van der Waals surface area contributed by atoms with E-state index in [1.807, 2.05) is 37.3 Å². The third-order valence-corrected chi connectivity index (χ3v) is 5.25. The summed E-state index contributed by atoms with van der Waals surface area (Å²) in [6, 6.07) is 14.2. The van der Waals surface area contributed by atoms with E-state index in [0.29, 0.717) is 5.57 Å². The minimum absolute atomic E-state index is 0.0206. The van der Waals surface area contributed by atoms with Crippen molar-refractivity contribution in [2.75, 3.05) is 28.6 Å². The van der Waals surface area contributed by atoms with E-state index >= 15 is 0 Å². The zero-order valence-electron chi connectivity index (χ0n) is 16.1. The van der Waals surface area contributed by atoms with Gasteiger partial charge in [0.2, 0.25) is 5.91 Å². The van der Waals surface area contributed by atoms with Gasteiger partial charge in [0.15, 0.2) is 0 Å². The van der Waals surface area contributed by atoms with Crippen LogP contribution < -0.4 is 20.9 Å². The first-order valence-electron chi connectivity index (χ1n) is 9.51. The van der Waals surface area contributed by atoms with E-state index in [1.165, 1.54) is 0 Å². The molecule has 1 fully saturated rings. The van der Waals surface area contributed by atoms with E-state index in [1.54, 1.807) is 13.1 Å². The van der Waals surface area contributed by atoms with E-state index in [2.05, 4.69) is 33.0 Å². The highest BCUT2D eigenvalue weighted by Gasteiger charge is 2.25. The number of nitrogens with one attached hydrogen (secondary N) is 3. The van der Waals surface area contributed by atoms with Crippen LogP contribution in [-0.4, -0.2) is 30.9 Å². The molecule has 1 unspecified atom stereocenters. The Hall–Kier alpha value is -3.28. The van der Waals surface area contributed by atoms with Gasteiger partial charge in [0.05, 0.1) is 5.57 Å². The summed E-state index contributed by atoms with van der Waals surface area (Å²) in [7, 11) is 0. The molecule has 0 bridgehead atoms. The van der Waals surface area contributed by atoms with Crippen LogP contribution in [-0.2, 0) is 9.59 Å². The van der Waals surface area contributed by atoms with Crippen molar-refractivity contribution in [2.24, 2.45) is 0 Å². The van der Waals surface area contributed by atoms with Crippen molar-refractivity contribution in [3.8, 4) is 0 Å². The number of nitrogens with zero attached hydrogens (tertiary/aromatic N) is 1. The lowest BCUT2D eigenvalue weighted by Crippen LogP contribution is -2.35. The highest BCUT2D eigenvalue weighted by Crippen LogP contribution is 2.34. The second-order valence-electron chi connectivity index (χ2n) is 7.33. The number of amides is 2. The molecule has 2 aliphatic rings. The Kier molecular flexibility index (Phi) is 4.77. The topological polar surface area (TPSA) is 73.5 Å². The number of hydrogen-bond acceptors (Lipinski definition) is 4. The van der Waals surface area contributed by atoms with Gasteiger partial charge in [-0.05, 0) is 49.2 Å². The Balaban J connectivity index is 1.44. The van der Waals surface area contributed by atoms with Crippen LogP contribution >= 0.6 is 0 Å². The van der Waals surface area contributed by atoms with E-state index in [9.17, 15) is 9.59 Å². The Bertz CT molecular complexity index is 950. The average molecular weight is 376 g/mol. The van der Waals surface area contributed by atoms with Crippen molar-refractivity contribution in [3.05, 3.63) is 59.8 Å². The van der Waals surface area contributed by atoms with Crippen molar-refractivity contribution in [3.63, 3.8) is 0 Å². The minimum Gasteiger partial charge on any atom is -0.369 e.